The first kappa shape index (κ1) is 30.9. The molecule has 0 saturated carbocycles. The Morgan fingerprint density at radius 2 is 1.51 bits per heavy atom. The van der Waals surface area contributed by atoms with Crippen molar-refractivity contribution in [3.63, 3.8) is 0 Å². The summed E-state index contributed by atoms with van der Waals surface area (Å²) >= 11 is 0. The highest BCUT2D eigenvalue weighted by molar-refractivity contribution is 6.07. The molecule has 0 atom stereocenters. The minimum absolute atomic E-state index is 0.277. The fraction of sp³-hybridized carbons (Fsp3) is 0.200. The van der Waals surface area contributed by atoms with E-state index in [1.165, 1.54) is 5.01 Å². The molecule has 0 fully saturated rings. The normalized spacial score (nSPS) is 12.6. The number of hydrazone groups is 1. The van der Waals surface area contributed by atoms with Crippen molar-refractivity contribution in [2.24, 2.45) is 5.10 Å². The first-order valence-corrected chi connectivity index (χ1v) is 14.6. The van der Waals surface area contributed by atoms with E-state index >= 15 is 0 Å². The minimum atomic E-state index is -0.596. The van der Waals surface area contributed by atoms with Crippen LogP contribution in [-0.4, -0.2) is 48.7 Å². The number of hydrogen-bond acceptors (Lipinski definition) is 6. The second-order valence-electron chi connectivity index (χ2n) is 10.3. The summed E-state index contributed by atoms with van der Waals surface area (Å²) in [4.78, 5) is 38.9. The van der Waals surface area contributed by atoms with Gasteiger partial charge in [-0.15, -0.1) is 0 Å². The van der Waals surface area contributed by atoms with E-state index in [2.05, 4.69) is 15.7 Å². The smallest absolute Gasteiger partial charge is 0.274 e. The Hall–Kier alpha value is -5.51. The van der Waals surface area contributed by atoms with Crippen LogP contribution in [0.4, 0.5) is 15.8 Å². The van der Waals surface area contributed by atoms with Crippen molar-refractivity contribution in [2.75, 3.05) is 30.9 Å². The molecular formula is C35H33FN4O5. The molecule has 1 aliphatic heterocycles. The molecule has 1 heterocycles. The number of alkyl halides is 1. The van der Waals surface area contributed by atoms with Crippen LogP contribution in [0.15, 0.2) is 96.1 Å². The molecule has 0 radical (unpaired) electrons. The van der Waals surface area contributed by atoms with Crippen molar-refractivity contribution in [3.8, 4) is 11.5 Å². The van der Waals surface area contributed by atoms with Crippen molar-refractivity contribution in [1.29, 1.82) is 0 Å². The number of nitrogens with zero attached hydrogens (tertiary/aromatic N) is 2. The molecule has 230 valence electrons. The SMILES string of the molecule is CCOc1cc(C2=NN(C(=O)c3cccc(NC(=O)c4ccc(NC(=O)c5ccc(CF)cc5)cc4)c3)CCC2)ccc1OC. The van der Waals surface area contributed by atoms with Crippen LogP contribution in [-0.2, 0) is 6.67 Å². The third-order valence-corrected chi connectivity index (χ3v) is 7.20. The third kappa shape index (κ3) is 7.53. The second-order valence-corrected chi connectivity index (χ2v) is 10.3. The van der Waals surface area contributed by atoms with Gasteiger partial charge in [0, 0.05) is 40.2 Å². The van der Waals surface area contributed by atoms with Gasteiger partial charge in [0.1, 0.15) is 6.67 Å². The third-order valence-electron chi connectivity index (χ3n) is 7.20. The molecule has 0 saturated heterocycles. The summed E-state index contributed by atoms with van der Waals surface area (Å²) in [7, 11) is 1.59. The molecule has 0 aliphatic carbocycles. The van der Waals surface area contributed by atoms with E-state index in [1.54, 1.807) is 79.9 Å². The maximum atomic E-state index is 13.4. The Morgan fingerprint density at radius 1 is 0.822 bits per heavy atom. The summed E-state index contributed by atoms with van der Waals surface area (Å²) in [6.45, 7) is 2.27. The summed E-state index contributed by atoms with van der Waals surface area (Å²) < 4.78 is 23.8. The van der Waals surface area contributed by atoms with E-state index in [9.17, 15) is 18.8 Å². The zero-order valence-corrected chi connectivity index (χ0v) is 25.0. The Kier molecular flexibility index (Phi) is 9.83. The van der Waals surface area contributed by atoms with E-state index < -0.39 is 6.67 Å². The average Bonchev–Trinajstić information content (AvgIpc) is 3.08. The number of carbonyl (C=O) groups is 3. The van der Waals surface area contributed by atoms with Crippen molar-refractivity contribution in [3.05, 3.63) is 119 Å². The van der Waals surface area contributed by atoms with Crippen molar-refractivity contribution >= 4 is 34.8 Å². The van der Waals surface area contributed by atoms with Gasteiger partial charge in [0.05, 0.1) is 19.4 Å². The molecule has 4 aromatic rings. The van der Waals surface area contributed by atoms with Crippen LogP contribution in [0.1, 0.15) is 62.0 Å². The van der Waals surface area contributed by atoms with Gasteiger partial charge in [-0.25, -0.2) is 9.40 Å². The molecule has 0 aromatic heterocycles. The lowest BCUT2D eigenvalue weighted by Gasteiger charge is -2.24. The highest BCUT2D eigenvalue weighted by atomic mass is 19.1. The second kappa shape index (κ2) is 14.3. The zero-order valence-electron chi connectivity index (χ0n) is 25.0. The summed E-state index contributed by atoms with van der Waals surface area (Å²) in [5, 5.41) is 11.7. The van der Waals surface area contributed by atoms with E-state index in [0.717, 1.165) is 17.7 Å². The maximum absolute atomic E-state index is 13.4. The highest BCUT2D eigenvalue weighted by Gasteiger charge is 2.22. The lowest BCUT2D eigenvalue weighted by atomic mass is 10.0. The van der Waals surface area contributed by atoms with Crippen LogP contribution in [0.5, 0.6) is 11.5 Å². The average molecular weight is 609 g/mol. The number of ether oxygens (including phenoxy) is 2. The number of anilines is 2. The number of methoxy groups -OCH3 is 1. The van der Waals surface area contributed by atoms with Gasteiger partial charge in [-0.05, 0) is 98.1 Å². The first-order chi connectivity index (χ1) is 21.9. The number of rotatable bonds is 10. The van der Waals surface area contributed by atoms with Crippen LogP contribution in [0.25, 0.3) is 0 Å². The van der Waals surface area contributed by atoms with Crippen LogP contribution in [0, 0.1) is 0 Å². The van der Waals surface area contributed by atoms with Crippen molar-refractivity contribution < 1.29 is 28.2 Å². The fourth-order valence-electron chi connectivity index (χ4n) is 4.85. The predicted octanol–water partition coefficient (Wildman–Crippen LogP) is 6.71. The molecule has 3 amide bonds. The molecule has 9 nitrogen and oxygen atoms in total. The summed E-state index contributed by atoms with van der Waals surface area (Å²) in [5.74, 6) is 0.254. The van der Waals surface area contributed by atoms with E-state index in [4.69, 9.17) is 9.47 Å². The molecule has 10 heteroatoms. The molecule has 0 spiro atoms. The van der Waals surface area contributed by atoms with Gasteiger partial charge in [0.25, 0.3) is 17.7 Å². The molecule has 0 bridgehead atoms. The lowest BCUT2D eigenvalue weighted by molar-refractivity contribution is 0.0751. The van der Waals surface area contributed by atoms with E-state index in [-0.39, 0.29) is 17.7 Å². The number of carbonyl (C=O) groups excluding carboxylic acids is 3. The zero-order chi connectivity index (χ0) is 31.8. The topological polar surface area (TPSA) is 109 Å². The Bertz CT molecular complexity index is 1720. The monoisotopic (exact) mass is 608 g/mol. The first-order valence-electron chi connectivity index (χ1n) is 14.6. The van der Waals surface area contributed by atoms with Gasteiger partial charge >= 0.3 is 0 Å². The molecule has 4 aromatic carbocycles. The molecular weight excluding hydrogens is 575 g/mol. The van der Waals surface area contributed by atoms with Gasteiger partial charge in [-0.3, -0.25) is 14.4 Å². The van der Waals surface area contributed by atoms with Gasteiger partial charge in [0.2, 0.25) is 0 Å². The number of amides is 3. The number of hydrogen-bond donors (Lipinski definition) is 2. The molecule has 45 heavy (non-hydrogen) atoms. The predicted molar refractivity (Wildman–Crippen MR) is 171 cm³/mol. The van der Waals surface area contributed by atoms with Gasteiger partial charge < -0.3 is 20.1 Å². The van der Waals surface area contributed by atoms with Crippen LogP contribution in [0.2, 0.25) is 0 Å². The Morgan fingerprint density at radius 3 is 2.18 bits per heavy atom. The molecule has 1 aliphatic rings. The standard InChI is InChI=1S/C35H33FN4O5/c1-3-45-32-21-26(15-18-31(32)44-2)30-8-5-19-40(39-30)35(43)27-6-4-7-29(20-27)38-34(42)25-13-16-28(17-14-25)37-33(41)24-11-9-23(22-36)10-12-24/h4,6-7,9-18,20-21H,3,5,8,19,22H2,1-2H3,(H,37,41)(H,38,42). The van der Waals surface area contributed by atoms with E-state index in [0.29, 0.717) is 64.7 Å². The Balaban J connectivity index is 1.23. The van der Waals surface area contributed by atoms with Gasteiger partial charge in [-0.1, -0.05) is 18.2 Å². The van der Waals surface area contributed by atoms with Crippen molar-refractivity contribution in [2.45, 2.75) is 26.4 Å². The summed E-state index contributed by atoms with van der Waals surface area (Å²) in [5.41, 5.74) is 4.24. The number of nitrogens with one attached hydrogen (secondary N) is 2. The van der Waals surface area contributed by atoms with Gasteiger partial charge in [0.15, 0.2) is 11.5 Å². The number of halogens is 1. The van der Waals surface area contributed by atoms with Crippen LogP contribution in [0.3, 0.4) is 0 Å². The largest absolute Gasteiger partial charge is 0.493 e. The summed E-state index contributed by atoms with van der Waals surface area (Å²) in [6, 6.07) is 25.0. The minimum Gasteiger partial charge on any atom is -0.493 e. The molecule has 2 N–H and O–H groups in total. The van der Waals surface area contributed by atoms with Crippen LogP contribution >= 0.6 is 0 Å². The molecule has 5 rings (SSSR count). The number of benzene rings is 4. The summed E-state index contributed by atoms with van der Waals surface area (Å²) in [6.07, 6.45) is 1.46. The van der Waals surface area contributed by atoms with E-state index in [1.807, 2.05) is 25.1 Å². The van der Waals surface area contributed by atoms with Crippen molar-refractivity contribution in [1.82, 2.24) is 5.01 Å². The highest BCUT2D eigenvalue weighted by Crippen LogP contribution is 2.30. The lowest BCUT2D eigenvalue weighted by Crippen LogP contribution is -2.32. The quantitative estimate of drug-likeness (QED) is 0.208. The molecule has 0 unspecified atom stereocenters. The van der Waals surface area contributed by atoms with Crippen LogP contribution < -0.4 is 20.1 Å². The Labute approximate surface area is 260 Å². The fourth-order valence-corrected chi connectivity index (χ4v) is 4.85. The van der Waals surface area contributed by atoms with Gasteiger partial charge in [-0.2, -0.15) is 5.10 Å². The maximum Gasteiger partial charge on any atom is 0.274 e.